The Morgan fingerprint density at radius 3 is 2.82 bits per heavy atom. The Morgan fingerprint density at radius 2 is 2.36 bits per heavy atom. The van der Waals surface area contributed by atoms with Gasteiger partial charge in [0.2, 0.25) is 5.95 Å². The van der Waals surface area contributed by atoms with E-state index in [-0.39, 0.29) is 11.1 Å². The fraction of sp³-hybridized carbons (Fsp3) is 0.143. The van der Waals surface area contributed by atoms with Gasteiger partial charge in [0.05, 0.1) is 5.56 Å². The number of pyridine rings is 1. The highest BCUT2D eigenvalue weighted by molar-refractivity contribution is 5.89. The highest BCUT2D eigenvalue weighted by Crippen LogP contribution is 2.08. The minimum Gasteiger partial charge on any atom is -0.478 e. The topological polar surface area (TPSA) is 50.2 Å². The number of halogens is 1. The standard InChI is InChI=1S/C7H6FNO2/c1-4-5(7(10)11)2-3-9-6(4)8/h2-3H,1H3,(H,10,11). The van der Waals surface area contributed by atoms with Crippen LogP contribution in [0.4, 0.5) is 4.39 Å². The molecular formula is C7H6FNO2. The second-order valence-corrected chi connectivity index (χ2v) is 2.08. The molecule has 0 atom stereocenters. The summed E-state index contributed by atoms with van der Waals surface area (Å²) in [5.74, 6) is -1.87. The van der Waals surface area contributed by atoms with Gasteiger partial charge in [0.25, 0.3) is 0 Å². The minimum absolute atomic E-state index is 0.0440. The van der Waals surface area contributed by atoms with Crippen molar-refractivity contribution >= 4 is 5.97 Å². The van der Waals surface area contributed by atoms with Gasteiger partial charge >= 0.3 is 5.97 Å². The van der Waals surface area contributed by atoms with Crippen molar-refractivity contribution in [1.82, 2.24) is 4.98 Å². The van der Waals surface area contributed by atoms with Gasteiger partial charge in [-0.3, -0.25) is 0 Å². The van der Waals surface area contributed by atoms with Gasteiger partial charge in [0.1, 0.15) is 0 Å². The molecule has 1 rings (SSSR count). The predicted octanol–water partition coefficient (Wildman–Crippen LogP) is 1.23. The van der Waals surface area contributed by atoms with E-state index in [1.165, 1.54) is 13.0 Å². The first-order valence-electron chi connectivity index (χ1n) is 2.97. The fourth-order valence-electron chi connectivity index (χ4n) is 0.742. The zero-order valence-corrected chi connectivity index (χ0v) is 5.84. The molecular weight excluding hydrogens is 149 g/mol. The summed E-state index contributed by atoms with van der Waals surface area (Å²) in [7, 11) is 0. The molecule has 1 aromatic heterocycles. The molecule has 0 aliphatic rings. The number of aromatic nitrogens is 1. The van der Waals surface area contributed by atoms with Crippen LogP contribution < -0.4 is 0 Å². The lowest BCUT2D eigenvalue weighted by atomic mass is 10.1. The van der Waals surface area contributed by atoms with Crippen LogP contribution in [0.15, 0.2) is 12.3 Å². The summed E-state index contributed by atoms with van der Waals surface area (Å²) < 4.78 is 12.6. The van der Waals surface area contributed by atoms with Crippen LogP contribution in [0.25, 0.3) is 0 Å². The molecule has 11 heavy (non-hydrogen) atoms. The van der Waals surface area contributed by atoms with Crippen molar-refractivity contribution < 1.29 is 14.3 Å². The largest absolute Gasteiger partial charge is 0.478 e. The first-order valence-corrected chi connectivity index (χ1v) is 2.97. The van der Waals surface area contributed by atoms with Crippen molar-refractivity contribution in [2.24, 2.45) is 0 Å². The van der Waals surface area contributed by atoms with Crippen molar-refractivity contribution in [3.63, 3.8) is 0 Å². The van der Waals surface area contributed by atoms with Gasteiger partial charge in [-0.2, -0.15) is 4.39 Å². The highest BCUT2D eigenvalue weighted by atomic mass is 19.1. The Hall–Kier alpha value is -1.45. The van der Waals surface area contributed by atoms with Crippen molar-refractivity contribution in [2.75, 3.05) is 0 Å². The summed E-state index contributed by atoms with van der Waals surface area (Å²) in [5, 5.41) is 8.50. The number of rotatable bonds is 1. The molecule has 0 spiro atoms. The minimum atomic E-state index is -1.14. The van der Waals surface area contributed by atoms with Crippen LogP contribution in [0.1, 0.15) is 15.9 Å². The van der Waals surface area contributed by atoms with Crippen molar-refractivity contribution in [1.29, 1.82) is 0 Å². The third kappa shape index (κ3) is 1.34. The van der Waals surface area contributed by atoms with E-state index in [1.54, 1.807) is 0 Å². The van der Waals surface area contributed by atoms with Crippen LogP contribution in [0.3, 0.4) is 0 Å². The van der Waals surface area contributed by atoms with Crippen molar-refractivity contribution in [2.45, 2.75) is 6.92 Å². The molecule has 0 unspecified atom stereocenters. The third-order valence-corrected chi connectivity index (χ3v) is 1.37. The predicted molar refractivity (Wildman–Crippen MR) is 35.9 cm³/mol. The quantitative estimate of drug-likeness (QED) is 0.620. The van der Waals surface area contributed by atoms with E-state index in [1.807, 2.05) is 0 Å². The molecule has 0 saturated heterocycles. The van der Waals surface area contributed by atoms with E-state index in [4.69, 9.17) is 5.11 Å². The molecule has 4 heteroatoms. The first-order chi connectivity index (χ1) is 5.13. The third-order valence-electron chi connectivity index (χ3n) is 1.37. The van der Waals surface area contributed by atoms with Crippen molar-refractivity contribution in [3.05, 3.63) is 29.3 Å². The van der Waals surface area contributed by atoms with Crippen LogP contribution in [0, 0.1) is 12.9 Å². The van der Waals surface area contributed by atoms with Gasteiger partial charge in [-0.1, -0.05) is 0 Å². The molecule has 1 aromatic rings. The van der Waals surface area contributed by atoms with Crippen LogP contribution in [-0.4, -0.2) is 16.1 Å². The molecule has 0 aliphatic carbocycles. The van der Waals surface area contributed by atoms with Crippen LogP contribution in [0.5, 0.6) is 0 Å². The average molecular weight is 155 g/mol. The van der Waals surface area contributed by atoms with E-state index in [9.17, 15) is 9.18 Å². The smallest absolute Gasteiger partial charge is 0.336 e. The van der Waals surface area contributed by atoms with E-state index in [0.29, 0.717) is 0 Å². The lowest BCUT2D eigenvalue weighted by molar-refractivity contribution is 0.0695. The zero-order chi connectivity index (χ0) is 8.43. The molecule has 0 saturated carbocycles. The van der Waals surface area contributed by atoms with Gasteiger partial charge in [-0.15, -0.1) is 0 Å². The van der Waals surface area contributed by atoms with E-state index >= 15 is 0 Å². The summed E-state index contributed by atoms with van der Waals surface area (Å²) in [4.78, 5) is 13.7. The van der Waals surface area contributed by atoms with E-state index < -0.39 is 11.9 Å². The Bertz CT molecular complexity index is 298. The van der Waals surface area contributed by atoms with E-state index in [2.05, 4.69) is 4.98 Å². The summed E-state index contributed by atoms with van der Waals surface area (Å²) in [6.07, 6.45) is 1.13. The molecule has 58 valence electrons. The number of carbonyl (C=O) groups is 1. The lowest BCUT2D eigenvalue weighted by Gasteiger charge is -1.98. The molecule has 1 heterocycles. The van der Waals surface area contributed by atoms with Gasteiger partial charge < -0.3 is 5.11 Å². The Kier molecular flexibility index (Phi) is 1.85. The molecule has 0 bridgehead atoms. The SMILES string of the molecule is Cc1c(C(=O)O)ccnc1F. The molecule has 0 aliphatic heterocycles. The average Bonchev–Trinajstić information content (AvgIpc) is 1.94. The first kappa shape index (κ1) is 7.65. The molecule has 1 N–H and O–H groups in total. The maximum atomic E-state index is 12.6. The maximum absolute atomic E-state index is 12.6. The number of hydrogen-bond donors (Lipinski definition) is 1. The molecule has 0 radical (unpaired) electrons. The number of carboxylic acids is 1. The normalized spacial score (nSPS) is 9.64. The van der Waals surface area contributed by atoms with Gasteiger partial charge in [-0.05, 0) is 13.0 Å². The van der Waals surface area contributed by atoms with Crippen LogP contribution in [-0.2, 0) is 0 Å². The molecule has 0 amide bonds. The van der Waals surface area contributed by atoms with Gasteiger partial charge in [-0.25, -0.2) is 9.78 Å². The monoisotopic (exact) mass is 155 g/mol. The Labute approximate surface area is 62.5 Å². The molecule has 0 aromatic carbocycles. The number of aromatic carboxylic acids is 1. The van der Waals surface area contributed by atoms with Crippen LogP contribution in [0.2, 0.25) is 0 Å². The Morgan fingerprint density at radius 1 is 1.73 bits per heavy atom. The molecule has 3 nitrogen and oxygen atoms in total. The lowest BCUT2D eigenvalue weighted by Crippen LogP contribution is -2.02. The summed E-state index contributed by atoms with van der Waals surface area (Å²) in [6.45, 7) is 1.38. The van der Waals surface area contributed by atoms with Crippen molar-refractivity contribution in [3.8, 4) is 0 Å². The van der Waals surface area contributed by atoms with Gasteiger partial charge in [0.15, 0.2) is 0 Å². The second kappa shape index (κ2) is 2.65. The highest BCUT2D eigenvalue weighted by Gasteiger charge is 2.09. The van der Waals surface area contributed by atoms with Gasteiger partial charge in [0, 0.05) is 11.8 Å². The fourth-order valence-corrected chi connectivity index (χ4v) is 0.742. The zero-order valence-electron chi connectivity index (χ0n) is 5.84. The molecule has 0 fully saturated rings. The summed E-state index contributed by atoms with van der Waals surface area (Å²) >= 11 is 0. The number of carboxylic acid groups (broad SMARTS) is 1. The maximum Gasteiger partial charge on any atom is 0.336 e. The van der Waals surface area contributed by atoms with Crippen LogP contribution >= 0.6 is 0 Å². The van der Waals surface area contributed by atoms with E-state index in [0.717, 1.165) is 6.20 Å². The Balaban J connectivity index is 3.27. The number of hydrogen-bond acceptors (Lipinski definition) is 2. The second-order valence-electron chi connectivity index (χ2n) is 2.08. The summed E-state index contributed by atoms with van der Waals surface area (Å²) in [5.41, 5.74) is 0.0255. The number of nitrogens with zero attached hydrogens (tertiary/aromatic N) is 1. The summed E-state index contributed by atoms with van der Waals surface area (Å²) in [6, 6.07) is 1.26.